The molecule has 0 unspecified atom stereocenters. The van der Waals surface area contributed by atoms with E-state index in [0.717, 1.165) is 19.3 Å². The van der Waals surface area contributed by atoms with Crippen LogP contribution in [-0.2, 0) is 4.74 Å². The van der Waals surface area contributed by atoms with Crippen LogP contribution in [0.25, 0.3) is 0 Å². The zero-order chi connectivity index (χ0) is 11.9. The highest BCUT2D eigenvalue weighted by atomic mass is 16.5. The summed E-state index contributed by atoms with van der Waals surface area (Å²) in [6, 6.07) is 0. The third-order valence-corrected chi connectivity index (χ3v) is 1.54. The Kier molecular flexibility index (Phi) is 17.7. The molecule has 0 radical (unpaired) electrons. The molecule has 0 aromatic carbocycles. The number of rotatable bonds is 8. The van der Waals surface area contributed by atoms with Gasteiger partial charge in [0.05, 0.1) is 13.2 Å². The Morgan fingerprint density at radius 3 is 2.00 bits per heavy atom. The first-order valence-corrected chi connectivity index (χ1v) is 5.34. The van der Waals surface area contributed by atoms with Crippen LogP contribution in [-0.4, -0.2) is 29.7 Å². The van der Waals surface area contributed by atoms with Gasteiger partial charge in [-0.1, -0.05) is 31.9 Å². The van der Waals surface area contributed by atoms with Crippen molar-refractivity contribution in [2.75, 3.05) is 13.2 Å². The lowest BCUT2D eigenvalue weighted by molar-refractivity contribution is -0.0465. The van der Waals surface area contributed by atoms with Gasteiger partial charge in [-0.05, 0) is 12.8 Å². The summed E-state index contributed by atoms with van der Waals surface area (Å²) in [4.78, 5) is 0. The number of hydrogen-bond acceptors (Lipinski definition) is 3. The minimum Gasteiger partial charge on any atom is -0.373 e. The molecule has 0 atom stereocenters. The van der Waals surface area contributed by atoms with E-state index in [9.17, 15) is 0 Å². The van der Waals surface area contributed by atoms with Crippen LogP contribution in [0.15, 0.2) is 25.3 Å². The van der Waals surface area contributed by atoms with E-state index >= 15 is 0 Å². The molecule has 0 saturated carbocycles. The predicted molar refractivity (Wildman–Crippen MR) is 63.6 cm³/mol. The Morgan fingerprint density at radius 2 is 1.67 bits per heavy atom. The van der Waals surface area contributed by atoms with Crippen LogP contribution in [0.1, 0.15) is 32.6 Å². The second-order valence-electron chi connectivity index (χ2n) is 3.09. The van der Waals surface area contributed by atoms with Crippen LogP contribution in [0.4, 0.5) is 0 Å². The van der Waals surface area contributed by atoms with E-state index in [0.29, 0.717) is 19.6 Å². The third-order valence-electron chi connectivity index (χ3n) is 1.54. The summed E-state index contributed by atoms with van der Waals surface area (Å²) in [5, 5.41) is 16.7. The van der Waals surface area contributed by atoms with Gasteiger partial charge < -0.3 is 14.9 Å². The van der Waals surface area contributed by atoms with Gasteiger partial charge in [-0.25, -0.2) is 0 Å². The summed E-state index contributed by atoms with van der Waals surface area (Å²) >= 11 is 0. The van der Waals surface area contributed by atoms with E-state index in [2.05, 4.69) is 20.1 Å². The summed E-state index contributed by atoms with van der Waals surface area (Å²) in [7, 11) is 0. The van der Waals surface area contributed by atoms with Gasteiger partial charge >= 0.3 is 0 Å². The molecule has 0 aliphatic carbocycles. The summed E-state index contributed by atoms with van der Waals surface area (Å²) in [5.74, 6) is 0. The number of unbranched alkanes of at least 4 members (excludes halogenated alkanes) is 2. The Labute approximate surface area is 93.1 Å². The summed E-state index contributed by atoms with van der Waals surface area (Å²) in [6.45, 7) is 10.3. The number of aliphatic hydroxyl groups is 2. The molecule has 15 heavy (non-hydrogen) atoms. The summed E-state index contributed by atoms with van der Waals surface area (Å²) < 4.78 is 4.90. The fourth-order valence-corrected chi connectivity index (χ4v) is 0.812. The van der Waals surface area contributed by atoms with Crippen molar-refractivity contribution in [3.05, 3.63) is 25.3 Å². The average Bonchev–Trinajstić information content (AvgIpc) is 2.20. The molecule has 0 aromatic heterocycles. The van der Waals surface area contributed by atoms with Crippen LogP contribution in [0.5, 0.6) is 0 Å². The molecule has 0 spiro atoms. The lowest BCUT2D eigenvalue weighted by Gasteiger charge is -1.99. The molecule has 2 N–H and O–H groups in total. The second-order valence-corrected chi connectivity index (χ2v) is 3.09. The normalized spacial score (nSPS) is 9.33. The molecule has 0 rings (SSSR count). The van der Waals surface area contributed by atoms with Crippen LogP contribution in [0.2, 0.25) is 0 Å². The Bertz CT molecular complexity index is 125. The maximum absolute atomic E-state index is 8.33. The summed E-state index contributed by atoms with van der Waals surface area (Å²) in [5.41, 5.74) is 0. The Hall–Kier alpha value is -0.640. The van der Waals surface area contributed by atoms with E-state index in [1.165, 1.54) is 0 Å². The molecule has 3 heteroatoms. The molecular weight excluding hydrogens is 192 g/mol. The van der Waals surface area contributed by atoms with E-state index in [1.807, 2.05) is 0 Å². The molecule has 0 aromatic rings. The second kappa shape index (κ2) is 15.8. The van der Waals surface area contributed by atoms with Gasteiger partial charge in [-0.2, -0.15) is 0 Å². The van der Waals surface area contributed by atoms with Crippen molar-refractivity contribution < 1.29 is 14.9 Å². The van der Waals surface area contributed by atoms with Gasteiger partial charge in [0, 0.05) is 0 Å². The monoisotopic (exact) mass is 216 g/mol. The van der Waals surface area contributed by atoms with Crippen LogP contribution in [0, 0.1) is 0 Å². The van der Waals surface area contributed by atoms with Gasteiger partial charge in [-0.15, -0.1) is 13.2 Å². The first kappa shape index (κ1) is 16.8. The van der Waals surface area contributed by atoms with Gasteiger partial charge in [0.2, 0.25) is 0 Å². The van der Waals surface area contributed by atoms with Crippen molar-refractivity contribution in [3.8, 4) is 0 Å². The molecule has 0 fully saturated rings. The molecule has 3 nitrogen and oxygen atoms in total. The Balaban J connectivity index is 0. The van der Waals surface area contributed by atoms with Crippen molar-refractivity contribution in [1.82, 2.24) is 0 Å². The first-order valence-electron chi connectivity index (χ1n) is 5.34. The van der Waals surface area contributed by atoms with Crippen molar-refractivity contribution in [3.63, 3.8) is 0 Å². The number of hydrogen-bond donors (Lipinski definition) is 2. The van der Waals surface area contributed by atoms with Crippen molar-refractivity contribution in [2.45, 2.75) is 38.9 Å². The topological polar surface area (TPSA) is 49.7 Å². The molecule has 0 bridgehead atoms. The standard InChI is InChI=1S/C6H14O2.C6H10O/c1-2-3-4-5-6(7)8;1-3-5-7-6-4-2/h6-8H,2-5H2,1H3;3-4H,1-2,5-6H2. The van der Waals surface area contributed by atoms with Crippen LogP contribution < -0.4 is 0 Å². The molecule has 0 aliphatic heterocycles. The molecule has 0 amide bonds. The van der Waals surface area contributed by atoms with Gasteiger partial charge in [0.25, 0.3) is 0 Å². The molecule has 0 saturated heterocycles. The van der Waals surface area contributed by atoms with Crippen LogP contribution in [0.3, 0.4) is 0 Å². The lowest BCUT2D eigenvalue weighted by atomic mass is 10.2. The van der Waals surface area contributed by atoms with E-state index < -0.39 is 6.29 Å². The summed E-state index contributed by atoms with van der Waals surface area (Å²) in [6.07, 6.45) is 6.00. The largest absolute Gasteiger partial charge is 0.373 e. The maximum Gasteiger partial charge on any atom is 0.151 e. The van der Waals surface area contributed by atoms with Gasteiger partial charge in [0.1, 0.15) is 0 Å². The van der Waals surface area contributed by atoms with Gasteiger partial charge in [0.15, 0.2) is 6.29 Å². The molecule has 0 aliphatic rings. The van der Waals surface area contributed by atoms with Crippen molar-refractivity contribution >= 4 is 0 Å². The number of aliphatic hydroxyl groups excluding tert-OH is 1. The highest BCUT2D eigenvalue weighted by Crippen LogP contribution is 1.99. The number of ether oxygens (including phenoxy) is 1. The van der Waals surface area contributed by atoms with Gasteiger partial charge in [-0.3, -0.25) is 0 Å². The smallest absolute Gasteiger partial charge is 0.151 e. The SMILES string of the molecule is C=CCOCC=C.CCCCCC(O)O. The molecule has 90 valence electrons. The Morgan fingerprint density at radius 1 is 1.13 bits per heavy atom. The first-order chi connectivity index (χ1) is 7.18. The zero-order valence-electron chi connectivity index (χ0n) is 9.69. The van der Waals surface area contributed by atoms with E-state index in [1.54, 1.807) is 12.2 Å². The molecular formula is C12H24O3. The fraction of sp³-hybridized carbons (Fsp3) is 0.667. The minimum atomic E-state index is -1.10. The van der Waals surface area contributed by atoms with Crippen molar-refractivity contribution in [1.29, 1.82) is 0 Å². The quantitative estimate of drug-likeness (QED) is 0.372. The highest BCUT2D eigenvalue weighted by molar-refractivity contribution is 4.68. The van der Waals surface area contributed by atoms with E-state index in [4.69, 9.17) is 14.9 Å². The van der Waals surface area contributed by atoms with Crippen molar-refractivity contribution in [2.24, 2.45) is 0 Å². The zero-order valence-corrected chi connectivity index (χ0v) is 9.69. The molecule has 0 heterocycles. The van der Waals surface area contributed by atoms with E-state index in [-0.39, 0.29) is 0 Å². The average molecular weight is 216 g/mol. The highest BCUT2D eigenvalue weighted by Gasteiger charge is 1.93. The fourth-order valence-electron chi connectivity index (χ4n) is 0.812. The maximum atomic E-state index is 8.33. The lowest BCUT2D eigenvalue weighted by Crippen LogP contribution is -2.02. The predicted octanol–water partition coefficient (Wildman–Crippen LogP) is 2.25. The van der Waals surface area contributed by atoms with Crippen LogP contribution >= 0.6 is 0 Å². The third kappa shape index (κ3) is 24.7. The minimum absolute atomic E-state index is 0.522.